The maximum atomic E-state index is 11.8. The first-order chi connectivity index (χ1) is 10.6. The van der Waals surface area contributed by atoms with Crippen molar-refractivity contribution in [1.29, 1.82) is 0 Å². The van der Waals surface area contributed by atoms with Gasteiger partial charge in [-0.1, -0.05) is 5.16 Å². The maximum Gasteiger partial charge on any atom is 0.289 e. The van der Waals surface area contributed by atoms with Crippen LogP contribution in [0.1, 0.15) is 26.1 Å². The van der Waals surface area contributed by atoms with E-state index in [1.54, 1.807) is 35.7 Å². The van der Waals surface area contributed by atoms with Crippen LogP contribution in [0.5, 0.6) is 0 Å². The topological polar surface area (TPSA) is 68.0 Å². The summed E-state index contributed by atoms with van der Waals surface area (Å²) < 4.78 is 4.93. The lowest BCUT2D eigenvalue weighted by atomic mass is 10.3. The van der Waals surface area contributed by atoms with Gasteiger partial charge in [0.25, 0.3) is 5.91 Å². The van der Waals surface area contributed by atoms with E-state index in [1.165, 1.54) is 4.88 Å². The average molecular weight is 333 g/mol. The lowest BCUT2D eigenvalue weighted by molar-refractivity contribution is 0.0917. The Hall–Kier alpha value is -1.99. The Morgan fingerprint density at radius 1 is 1.36 bits per heavy atom. The van der Waals surface area contributed by atoms with E-state index >= 15 is 0 Å². The number of amides is 1. The van der Waals surface area contributed by atoms with E-state index in [2.05, 4.69) is 33.0 Å². The molecule has 0 aliphatic carbocycles. The molecule has 0 aliphatic rings. The molecular formula is C15H15N3O2S2. The minimum atomic E-state index is -0.229. The summed E-state index contributed by atoms with van der Waals surface area (Å²) in [6, 6.07) is 5.79. The monoisotopic (exact) mass is 333 g/mol. The predicted molar refractivity (Wildman–Crippen MR) is 87.4 cm³/mol. The van der Waals surface area contributed by atoms with Gasteiger partial charge in [0.1, 0.15) is 0 Å². The summed E-state index contributed by atoms with van der Waals surface area (Å²) in [4.78, 5) is 18.7. The predicted octanol–water partition coefficient (Wildman–Crippen LogP) is 3.45. The van der Waals surface area contributed by atoms with Gasteiger partial charge in [-0.25, -0.2) is 4.98 Å². The minimum absolute atomic E-state index is 0.229. The van der Waals surface area contributed by atoms with Crippen molar-refractivity contribution >= 4 is 28.6 Å². The average Bonchev–Trinajstić information content (AvgIpc) is 3.19. The zero-order valence-corrected chi connectivity index (χ0v) is 13.9. The van der Waals surface area contributed by atoms with E-state index in [0.717, 1.165) is 22.0 Å². The summed E-state index contributed by atoms with van der Waals surface area (Å²) >= 11 is 3.36. The van der Waals surface area contributed by atoms with Gasteiger partial charge in [-0.3, -0.25) is 4.79 Å². The Morgan fingerprint density at radius 2 is 2.23 bits per heavy atom. The molecule has 3 aromatic rings. The lowest BCUT2D eigenvalue weighted by Crippen LogP contribution is -2.25. The van der Waals surface area contributed by atoms with Crippen molar-refractivity contribution in [2.45, 2.75) is 20.3 Å². The van der Waals surface area contributed by atoms with Crippen molar-refractivity contribution in [2.75, 3.05) is 6.54 Å². The van der Waals surface area contributed by atoms with Crippen LogP contribution in [0.15, 0.2) is 28.1 Å². The quantitative estimate of drug-likeness (QED) is 0.776. The fraction of sp³-hybridized carbons (Fsp3) is 0.267. The second-order valence-corrected chi connectivity index (χ2v) is 7.09. The Labute approximate surface area is 136 Å². The van der Waals surface area contributed by atoms with E-state index < -0.39 is 0 Å². The molecule has 0 atom stereocenters. The molecule has 3 rings (SSSR count). The zero-order valence-electron chi connectivity index (χ0n) is 12.3. The highest BCUT2D eigenvalue weighted by Crippen LogP contribution is 2.29. The third kappa shape index (κ3) is 3.42. The van der Waals surface area contributed by atoms with Crippen molar-refractivity contribution < 1.29 is 9.32 Å². The second kappa shape index (κ2) is 6.41. The van der Waals surface area contributed by atoms with Crippen molar-refractivity contribution in [3.8, 4) is 10.6 Å². The van der Waals surface area contributed by atoms with E-state index in [0.29, 0.717) is 12.2 Å². The van der Waals surface area contributed by atoms with E-state index in [-0.39, 0.29) is 11.7 Å². The molecule has 0 unspecified atom stereocenters. The normalized spacial score (nSPS) is 10.8. The number of carbonyl (C=O) groups excluding carboxylic acids is 1. The first-order valence-corrected chi connectivity index (χ1v) is 8.54. The molecule has 0 aromatic carbocycles. The molecule has 0 bridgehead atoms. The zero-order chi connectivity index (χ0) is 15.5. The Balaban J connectivity index is 1.54. The lowest BCUT2D eigenvalue weighted by Gasteiger charge is -2.00. The molecule has 0 fully saturated rings. The molecule has 1 amide bonds. The highest BCUT2D eigenvalue weighted by molar-refractivity contribution is 7.16. The van der Waals surface area contributed by atoms with Crippen molar-refractivity contribution in [2.24, 2.45) is 0 Å². The van der Waals surface area contributed by atoms with Gasteiger partial charge < -0.3 is 9.84 Å². The van der Waals surface area contributed by atoms with Crippen molar-refractivity contribution in [1.82, 2.24) is 15.5 Å². The van der Waals surface area contributed by atoms with Crippen LogP contribution < -0.4 is 5.32 Å². The molecule has 7 heteroatoms. The number of hydrogen-bond donors (Lipinski definition) is 1. The van der Waals surface area contributed by atoms with Crippen LogP contribution in [-0.4, -0.2) is 22.6 Å². The smallest absolute Gasteiger partial charge is 0.289 e. The molecule has 3 heterocycles. The van der Waals surface area contributed by atoms with E-state index in [1.807, 2.05) is 6.92 Å². The first kappa shape index (κ1) is 14.9. The molecule has 0 radical (unpaired) electrons. The van der Waals surface area contributed by atoms with Gasteiger partial charge in [0.2, 0.25) is 5.76 Å². The number of rotatable bonds is 5. The van der Waals surface area contributed by atoms with Crippen LogP contribution in [0, 0.1) is 13.8 Å². The van der Waals surface area contributed by atoms with Crippen molar-refractivity contribution in [3.05, 3.63) is 44.9 Å². The molecule has 1 N–H and O–H groups in total. The summed E-state index contributed by atoms with van der Waals surface area (Å²) in [7, 11) is 0. The number of aromatic nitrogens is 2. The van der Waals surface area contributed by atoms with Crippen LogP contribution in [0.4, 0.5) is 0 Å². The van der Waals surface area contributed by atoms with E-state index in [4.69, 9.17) is 4.52 Å². The van der Waals surface area contributed by atoms with Crippen LogP contribution >= 0.6 is 22.7 Å². The number of hydrogen-bond acceptors (Lipinski definition) is 6. The highest BCUT2D eigenvalue weighted by atomic mass is 32.1. The van der Waals surface area contributed by atoms with Crippen molar-refractivity contribution in [3.63, 3.8) is 0 Å². The number of thiophene rings is 1. The van der Waals surface area contributed by atoms with E-state index in [9.17, 15) is 4.79 Å². The van der Waals surface area contributed by atoms with Gasteiger partial charge in [0.15, 0.2) is 0 Å². The largest absolute Gasteiger partial charge is 0.351 e. The molecule has 0 saturated carbocycles. The van der Waals surface area contributed by atoms with Gasteiger partial charge >= 0.3 is 0 Å². The summed E-state index contributed by atoms with van der Waals surface area (Å²) in [6.45, 7) is 4.35. The molecule has 0 spiro atoms. The third-order valence-corrected chi connectivity index (χ3v) is 4.98. The fourth-order valence-corrected chi connectivity index (χ4v) is 3.64. The number of nitrogens with one attached hydrogen (secondary N) is 1. The van der Waals surface area contributed by atoms with Crippen LogP contribution in [0.25, 0.3) is 10.6 Å². The standard InChI is InChI=1S/C15H15N3O2S2/c1-9-7-13(20-18-9)15(19)16-6-5-11-3-4-14(22-11)12-8-21-10(2)17-12/h3-4,7-8H,5-6H2,1-2H3,(H,16,19). The molecule has 3 aromatic heterocycles. The van der Waals surface area contributed by atoms with Crippen LogP contribution in [0.3, 0.4) is 0 Å². The molecule has 5 nitrogen and oxygen atoms in total. The molecule has 22 heavy (non-hydrogen) atoms. The molecule has 114 valence electrons. The van der Waals surface area contributed by atoms with Crippen LogP contribution in [-0.2, 0) is 6.42 Å². The minimum Gasteiger partial charge on any atom is -0.351 e. The summed E-state index contributed by atoms with van der Waals surface area (Å²) in [5.41, 5.74) is 1.73. The highest BCUT2D eigenvalue weighted by Gasteiger charge is 2.11. The summed E-state index contributed by atoms with van der Waals surface area (Å²) in [5.74, 6) is 0.0230. The number of aryl methyl sites for hydroxylation is 2. The Morgan fingerprint density at radius 3 is 2.91 bits per heavy atom. The van der Waals surface area contributed by atoms with Crippen LogP contribution in [0.2, 0.25) is 0 Å². The molecule has 0 saturated heterocycles. The fourth-order valence-electron chi connectivity index (χ4n) is 1.98. The summed E-state index contributed by atoms with van der Waals surface area (Å²) in [6.07, 6.45) is 0.784. The Kier molecular flexibility index (Phi) is 4.35. The van der Waals surface area contributed by atoms with Gasteiger partial charge in [0.05, 0.1) is 21.3 Å². The molecular weight excluding hydrogens is 318 g/mol. The molecule has 0 aliphatic heterocycles. The first-order valence-electron chi connectivity index (χ1n) is 6.84. The van der Waals surface area contributed by atoms with Gasteiger partial charge in [-0.2, -0.15) is 0 Å². The van der Waals surface area contributed by atoms with Gasteiger partial charge in [-0.15, -0.1) is 22.7 Å². The van der Waals surface area contributed by atoms with Gasteiger partial charge in [-0.05, 0) is 32.4 Å². The SMILES string of the molecule is Cc1cc(C(=O)NCCc2ccc(-c3csc(C)n3)s2)on1. The second-order valence-electron chi connectivity index (χ2n) is 4.86. The number of nitrogens with zero attached hydrogens (tertiary/aromatic N) is 2. The van der Waals surface area contributed by atoms with Gasteiger partial charge in [0, 0.05) is 22.9 Å². The maximum absolute atomic E-state index is 11.8. The number of carbonyl (C=O) groups is 1. The summed E-state index contributed by atoms with van der Waals surface area (Å²) in [5, 5.41) is 9.67. The number of thiazole rings is 1. The third-order valence-electron chi connectivity index (χ3n) is 3.04. The Bertz CT molecular complexity index is 788.